The molecule has 0 aliphatic carbocycles. The van der Waals surface area contributed by atoms with E-state index in [9.17, 15) is 4.79 Å². The number of aromatic nitrogens is 3. The van der Waals surface area contributed by atoms with Crippen molar-refractivity contribution in [2.45, 2.75) is 58.4 Å². The second-order valence-corrected chi connectivity index (χ2v) is 7.86. The molecule has 0 saturated carbocycles. The number of carbonyl (C=O) groups is 1. The molecule has 2 aromatic heterocycles. The number of pyridine rings is 1. The minimum Gasteiger partial charge on any atom is -0.339 e. The number of rotatable bonds is 5. The van der Waals surface area contributed by atoms with Gasteiger partial charge in [-0.2, -0.15) is 4.98 Å². The molecule has 0 bridgehead atoms. The minimum atomic E-state index is -0.0477. The largest absolute Gasteiger partial charge is 0.339 e. The van der Waals surface area contributed by atoms with Crippen molar-refractivity contribution in [3.63, 3.8) is 0 Å². The van der Waals surface area contributed by atoms with E-state index < -0.39 is 0 Å². The summed E-state index contributed by atoms with van der Waals surface area (Å²) in [5.41, 5.74) is 1.03. The van der Waals surface area contributed by atoms with Gasteiger partial charge < -0.3 is 14.7 Å². The fourth-order valence-electron chi connectivity index (χ4n) is 3.40. The third kappa shape index (κ3) is 4.64. The van der Waals surface area contributed by atoms with Crippen LogP contribution in [-0.4, -0.2) is 39.1 Å². The molecule has 2 amide bonds. The molecule has 0 radical (unpaired) electrons. The monoisotopic (exact) mass is 371 g/mol. The molecular weight excluding hydrogens is 342 g/mol. The Morgan fingerprint density at radius 3 is 2.56 bits per heavy atom. The molecule has 0 aromatic carbocycles. The number of nitrogens with one attached hydrogen (secondary N) is 1. The Hall–Kier alpha value is -2.44. The summed E-state index contributed by atoms with van der Waals surface area (Å²) >= 11 is 0. The fraction of sp³-hybridized carbons (Fsp3) is 0.600. The summed E-state index contributed by atoms with van der Waals surface area (Å²) in [6.07, 6.45) is 5.24. The molecule has 1 aliphatic heterocycles. The van der Waals surface area contributed by atoms with E-state index in [2.05, 4.69) is 48.1 Å². The average molecular weight is 371 g/mol. The Bertz CT molecular complexity index is 736. The van der Waals surface area contributed by atoms with Crippen molar-refractivity contribution in [3.8, 4) is 0 Å². The third-order valence-electron chi connectivity index (χ3n) is 5.09. The van der Waals surface area contributed by atoms with E-state index in [-0.39, 0.29) is 29.8 Å². The van der Waals surface area contributed by atoms with Crippen LogP contribution in [0.25, 0.3) is 0 Å². The highest BCUT2D eigenvalue weighted by Crippen LogP contribution is 2.28. The third-order valence-corrected chi connectivity index (χ3v) is 5.09. The lowest BCUT2D eigenvalue weighted by atomic mass is 9.96. The number of likely N-dealkylation sites (tertiary alicyclic amines) is 1. The molecule has 1 fully saturated rings. The second kappa shape index (κ2) is 8.50. The molecule has 0 unspecified atom stereocenters. The maximum atomic E-state index is 12.8. The Morgan fingerprint density at radius 2 is 2.00 bits per heavy atom. The first-order valence-corrected chi connectivity index (χ1v) is 9.74. The van der Waals surface area contributed by atoms with Gasteiger partial charge in [-0.3, -0.25) is 4.98 Å². The van der Waals surface area contributed by atoms with Crippen molar-refractivity contribution in [1.82, 2.24) is 25.3 Å². The Morgan fingerprint density at radius 1 is 1.26 bits per heavy atom. The molecule has 1 N–H and O–H groups in total. The number of amides is 2. The molecule has 7 heteroatoms. The van der Waals surface area contributed by atoms with Gasteiger partial charge in [0.25, 0.3) is 0 Å². The zero-order valence-corrected chi connectivity index (χ0v) is 16.6. The molecule has 1 atom stereocenters. The van der Waals surface area contributed by atoms with E-state index in [0.29, 0.717) is 19.0 Å². The highest BCUT2D eigenvalue weighted by atomic mass is 16.5. The van der Waals surface area contributed by atoms with Gasteiger partial charge in [-0.25, -0.2) is 4.79 Å². The summed E-state index contributed by atoms with van der Waals surface area (Å²) < 4.78 is 5.43. The standard InChI is InChI=1S/C20H29N5O2/c1-13(2)17(16-6-5-9-21-12-16)22-20(26)25-10-7-15(8-11-25)19-23-18(14(3)4)24-27-19/h5-6,9,12-15,17H,7-8,10-11H2,1-4H3,(H,22,26)/t17-/m1/s1. The lowest BCUT2D eigenvalue weighted by Gasteiger charge is -2.33. The Balaban J connectivity index is 1.57. The molecule has 1 aliphatic rings. The topological polar surface area (TPSA) is 84.2 Å². The normalized spacial score (nSPS) is 16.7. The van der Waals surface area contributed by atoms with Gasteiger partial charge >= 0.3 is 6.03 Å². The zero-order valence-electron chi connectivity index (χ0n) is 16.6. The molecule has 7 nitrogen and oxygen atoms in total. The number of nitrogens with zero attached hydrogens (tertiary/aromatic N) is 4. The summed E-state index contributed by atoms with van der Waals surface area (Å²) in [5.74, 6) is 2.22. The number of carbonyl (C=O) groups excluding carboxylic acids is 1. The molecule has 0 spiro atoms. The predicted molar refractivity (Wildman–Crippen MR) is 102 cm³/mol. The molecule has 1 saturated heterocycles. The summed E-state index contributed by atoms with van der Waals surface area (Å²) in [6.45, 7) is 9.68. The van der Waals surface area contributed by atoms with Crippen molar-refractivity contribution >= 4 is 6.03 Å². The van der Waals surface area contributed by atoms with Crippen LogP contribution in [0.5, 0.6) is 0 Å². The Labute approximate surface area is 160 Å². The predicted octanol–water partition coefficient (Wildman–Crippen LogP) is 3.87. The lowest BCUT2D eigenvalue weighted by Crippen LogP contribution is -2.46. The molecule has 146 valence electrons. The van der Waals surface area contributed by atoms with E-state index in [1.807, 2.05) is 23.2 Å². The van der Waals surface area contributed by atoms with Gasteiger partial charge in [0.1, 0.15) is 0 Å². The fourth-order valence-corrected chi connectivity index (χ4v) is 3.40. The van der Waals surface area contributed by atoms with Crippen LogP contribution < -0.4 is 5.32 Å². The van der Waals surface area contributed by atoms with Gasteiger partial charge in [0.2, 0.25) is 5.89 Å². The van der Waals surface area contributed by atoms with Gasteiger partial charge in [-0.05, 0) is 30.4 Å². The van der Waals surface area contributed by atoms with Crippen LogP contribution in [0.15, 0.2) is 29.0 Å². The van der Waals surface area contributed by atoms with Crippen molar-refractivity contribution in [3.05, 3.63) is 41.8 Å². The highest BCUT2D eigenvalue weighted by Gasteiger charge is 2.29. The van der Waals surface area contributed by atoms with Gasteiger partial charge in [0.05, 0.1) is 6.04 Å². The smallest absolute Gasteiger partial charge is 0.317 e. The van der Waals surface area contributed by atoms with Crippen LogP contribution in [0.1, 0.15) is 75.7 Å². The zero-order chi connectivity index (χ0) is 19.4. The van der Waals surface area contributed by atoms with E-state index in [1.165, 1.54) is 0 Å². The SMILES string of the molecule is CC(C)c1noc(C2CCN(C(=O)N[C@@H](c3cccnc3)C(C)C)CC2)n1. The molecule has 3 rings (SSSR count). The maximum Gasteiger partial charge on any atom is 0.317 e. The summed E-state index contributed by atoms with van der Waals surface area (Å²) in [4.78, 5) is 23.3. The van der Waals surface area contributed by atoms with Crippen LogP contribution >= 0.6 is 0 Å². The van der Waals surface area contributed by atoms with E-state index in [0.717, 1.165) is 24.2 Å². The minimum absolute atomic E-state index is 0.0237. The van der Waals surface area contributed by atoms with Crippen LogP contribution in [0.3, 0.4) is 0 Å². The highest BCUT2D eigenvalue weighted by molar-refractivity contribution is 5.74. The van der Waals surface area contributed by atoms with Crippen LogP contribution in [0, 0.1) is 5.92 Å². The van der Waals surface area contributed by atoms with Gasteiger partial charge in [-0.15, -0.1) is 0 Å². The van der Waals surface area contributed by atoms with Crippen molar-refractivity contribution in [2.24, 2.45) is 5.92 Å². The quantitative estimate of drug-likeness (QED) is 0.862. The summed E-state index contributed by atoms with van der Waals surface area (Å²) in [6, 6.07) is 3.84. The second-order valence-electron chi connectivity index (χ2n) is 7.86. The van der Waals surface area contributed by atoms with Crippen molar-refractivity contribution in [2.75, 3.05) is 13.1 Å². The van der Waals surface area contributed by atoms with E-state index >= 15 is 0 Å². The first-order valence-electron chi connectivity index (χ1n) is 9.74. The summed E-state index contributed by atoms with van der Waals surface area (Å²) in [5, 5.41) is 7.22. The molecular formula is C20H29N5O2. The van der Waals surface area contributed by atoms with Crippen molar-refractivity contribution < 1.29 is 9.32 Å². The van der Waals surface area contributed by atoms with Crippen LogP contribution in [0.2, 0.25) is 0 Å². The first kappa shape index (κ1) is 19.3. The first-order chi connectivity index (χ1) is 13.0. The van der Waals surface area contributed by atoms with Crippen LogP contribution in [-0.2, 0) is 0 Å². The van der Waals surface area contributed by atoms with Crippen molar-refractivity contribution in [1.29, 1.82) is 0 Å². The number of piperidine rings is 1. The molecule has 2 aromatic rings. The number of urea groups is 1. The molecule has 3 heterocycles. The van der Waals surface area contributed by atoms with E-state index in [4.69, 9.17) is 4.52 Å². The van der Waals surface area contributed by atoms with Gasteiger partial charge in [0.15, 0.2) is 5.82 Å². The molecule has 27 heavy (non-hydrogen) atoms. The maximum absolute atomic E-state index is 12.8. The Kier molecular flexibility index (Phi) is 6.08. The summed E-state index contributed by atoms with van der Waals surface area (Å²) in [7, 11) is 0. The average Bonchev–Trinajstić information content (AvgIpc) is 3.17. The number of hydrogen-bond acceptors (Lipinski definition) is 5. The number of hydrogen-bond donors (Lipinski definition) is 1. The van der Waals surface area contributed by atoms with Crippen LogP contribution in [0.4, 0.5) is 4.79 Å². The van der Waals surface area contributed by atoms with Gasteiger partial charge in [-0.1, -0.05) is 38.9 Å². The van der Waals surface area contributed by atoms with E-state index in [1.54, 1.807) is 6.20 Å². The lowest BCUT2D eigenvalue weighted by molar-refractivity contribution is 0.169. The van der Waals surface area contributed by atoms with Gasteiger partial charge in [0, 0.05) is 37.3 Å².